The predicted octanol–water partition coefficient (Wildman–Crippen LogP) is 3.73. The Kier molecular flexibility index (Phi) is 6.07. The van der Waals surface area contributed by atoms with Crippen LogP contribution in [0.1, 0.15) is 26.3 Å². The van der Waals surface area contributed by atoms with Crippen molar-refractivity contribution in [1.29, 1.82) is 0 Å². The van der Waals surface area contributed by atoms with Crippen LogP contribution in [0.2, 0.25) is 0 Å². The largest absolute Gasteiger partial charge is 0.352 e. The summed E-state index contributed by atoms with van der Waals surface area (Å²) in [6.45, 7) is 2.37. The first-order valence-electron chi connectivity index (χ1n) is 11.2. The molecule has 0 spiro atoms. The molecule has 0 unspecified atom stereocenters. The van der Waals surface area contributed by atoms with Gasteiger partial charge in [-0.25, -0.2) is 0 Å². The van der Waals surface area contributed by atoms with Crippen LogP contribution in [0.25, 0.3) is 11.3 Å². The summed E-state index contributed by atoms with van der Waals surface area (Å²) in [5, 5.41) is 8.73. The summed E-state index contributed by atoms with van der Waals surface area (Å²) in [5.41, 5.74) is 3.19. The fourth-order valence-electron chi connectivity index (χ4n) is 4.09. The molecule has 0 radical (unpaired) electrons. The highest BCUT2D eigenvalue weighted by Gasteiger charge is 2.26. The highest BCUT2D eigenvalue weighted by Crippen LogP contribution is 2.21. The standard InChI is InChI=1S/C27H23N5O2/c33-26(21-6-2-1-3-7-21)22-8-4-5-9-23(22)27(34)32-18-16-31(17-19-32)25-11-10-24(29-30-25)20-12-14-28-15-13-20/h1-15H,16-19H2. The van der Waals surface area contributed by atoms with E-state index in [2.05, 4.69) is 20.1 Å². The molecule has 1 amide bonds. The van der Waals surface area contributed by atoms with Crippen LogP contribution >= 0.6 is 0 Å². The van der Waals surface area contributed by atoms with Gasteiger partial charge >= 0.3 is 0 Å². The lowest BCUT2D eigenvalue weighted by Crippen LogP contribution is -2.49. The molecule has 1 fully saturated rings. The minimum Gasteiger partial charge on any atom is -0.352 e. The van der Waals surface area contributed by atoms with Crippen molar-refractivity contribution in [2.45, 2.75) is 0 Å². The van der Waals surface area contributed by atoms with Gasteiger partial charge in [0, 0.05) is 55.3 Å². The number of carbonyl (C=O) groups excluding carboxylic acids is 2. The van der Waals surface area contributed by atoms with Gasteiger partial charge in [-0.1, -0.05) is 48.5 Å². The molecular formula is C27H23N5O2. The number of aromatic nitrogens is 3. The van der Waals surface area contributed by atoms with E-state index in [1.807, 2.05) is 42.5 Å². The van der Waals surface area contributed by atoms with E-state index in [1.165, 1.54) is 0 Å². The van der Waals surface area contributed by atoms with Gasteiger partial charge in [0.2, 0.25) is 0 Å². The Hall–Kier alpha value is -4.39. The molecule has 1 saturated heterocycles. The van der Waals surface area contributed by atoms with Crippen LogP contribution in [0.5, 0.6) is 0 Å². The van der Waals surface area contributed by atoms with Crippen molar-refractivity contribution < 1.29 is 9.59 Å². The Bertz CT molecular complexity index is 1290. The molecule has 34 heavy (non-hydrogen) atoms. The van der Waals surface area contributed by atoms with E-state index in [-0.39, 0.29) is 11.7 Å². The topological polar surface area (TPSA) is 79.3 Å². The number of benzene rings is 2. The maximum Gasteiger partial charge on any atom is 0.254 e. The highest BCUT2D eigenvalue weighted by molar-refractivity contribution is 6.15. The number of piperazine rings is 1. The molecule has 0 bridgehead atoms. The molecule has 1 aliphatic heterocycles. The van der Waals surface area contributed by atoms with Gasteiger partial charge in [-0.05, 0) is 30.3 Å². The lowest BCUT2D eigenvalue weighted by Gasteiger charge is -2.35. The number of pyridine rings is 1. The molecule has 0 aliphatic carbocycles. The van der Waals surface area contributed by atoms with Crippen LogP contribution in [-0.4, -0.2) is 58.0 Å². The number of nitrogens with zero attached hydrogens (tertiary/aromatic N) is 5. The Morgan fingerprint density at radius 2 is 1.35 bits per heavy atom. The van der Waals surface area contributed by atoms with Gasteiger partial charge in [0.25, 0.3) is 5.91 Å². The fraction of sp³-hybridized carbons (Fsp3) is 0.148. The average molecular weight is 450 g/mol. The molecule has 0 saturated carbocycles. The number of hydrogen-bond acceptors (Lipinski definition) is 6. The van der Waals surface area contributed by atoms with E-state index in [4.69, 9.17) is 0 Å². The van der Waals surface area contributed by atoms with Crippen LogP contribution in [0.3, 0.4) is 0 Å². The Balaban J connectivity index is 1.27. The van der Waals surface area contributed by atoms with Gasteiger partial charge in [0.15, 0.2) is 11.6 Å². The van der Waals surface area contributed by atoms with Crippen LogP contribution in [0.15, 0.2) is 91.3 Å². The van der Waals surface area contributed by atoms with Crippen LogP contribution in [-0.2, 0) is 0 Å². The van der Waals surface area contributed by atoms with E-state index in [0.717, 1.165) is 17.1 Å². The van der Waals surface area contributed by atoms with Gasteiger partial charge in [0.1, 0.15) is 0 Å². The molecule has 1 aliphatic rings. The summed E-state index contributed by atoms with van der Waals surface area (Å²) < 4.78 is 0. The molecular weight excluding hydrogens is 426 g/mol. The van der Waals surface area contributed by atoms with Crippen LogP contribution in [0.4, 0.5) is 5.82 Å². The van der Waals surface area contributed by atoms with Gasteiger partial charge in [-0.15, -0.1) is 10.2 Å². The average Bonchev–Trinajstić information content (AvgIpc) is 2.93. The molecule has 4 aromatic rings. The van der Waals surface area contributed by atoms with Crippen molar-refractivity contribution >= 4 is 17.5 Å². The van der Waals surface area contributed by atoms with Gasteiger partial charge in [-0.2, -0.15) is 0 Å². The van der Waals surface area contributed by atoms with E-state index in [0.29, 0.717) is 42.9 Å². The highest BCUT2D eigenvalue weighted by atomic mass is 16.2. The van der Waals surface area contributed by atoms with Crippen LogP contribution < -0.4 is 4.90 Å². The Morgan fingerprint density at radius 3 is 2.03 bits per heavy atom. The second-order valence-corrected chi connectivity index (χ2v) is 8.03. The van der Waals surface area contributed by atoms with Crippen LogP contribution in [0, 0.1) is 0 Å². The molecule has 2 aromatic carbocycles. The summed E-state index contributed by atoms with van der Waals surface area (Å²) in [7, 11) is 0. The lowest BCUT2D eigenvalue weighted by atomic mass is 9.97. The van der Waals surface area contributed by atoms with Crippen molar-refractivity contribution in [3.63, 3.8) is 0 Å². The third kappa shape index (κ3) is 4.41. The quantitative estimate of drug-likeness (QED) is 0.432. The van der Waals surface area contributed by atoms with E-state index in [1.54, 1.807) is 53.7 Å². The number of anilines is 1. The summed E-state index contributed by atoms with van der Waals surface area (Å²) in [4.78, 5) is 34.3. The zero-order valence-electron chi connectivity index (χ0n) is 18.5. The molecule has 7 heteroatoms. The maximum absolute atomic E-state index is 13.3. The zero-order chi connectivity index (χ0) is 23.3. The van der Waals surface area contributed by atoms with E-state index >= 15 is 0 Å². The Morgan fingerprint density at radius 1 is 0.676 bits per heavy atom. The second kappa shape index (κ2) is 9.62. The molecule has 0 atom stereocenters. The first-order valence-corrected chi connectivity index (χ1v) is 11.2. The van der Waals surface area contributed by atoms with Gasteiger partial charge in [-0.3, -0.25) is 14.6 Å². The molecule has 3 heterocycles. The molecule has 0 N–H and O–H groups in total. The van der Waals surface area contributed by atoms with Gasteiger partial charge in [0.05, 0.1) is 11.3 Å². The Labute approximate surface area is 197 Å². The predicted molar refractivity (Wildman–Crippen MR) is 130 cm³/mol. The first-order chi connectivity index (χ1) is 16.7. The minimum atomic E-state index is -0.146. The summed E-state index contributed by atoms with van der Waals surface area (Å²) in [5.74, 6) is 0.510. The number of ketones is 1. The van der Waals surface area contributed by atoms with Crippen molar-refractivity contribution in [1.82, 2.24) is 20.1 Å². The summed E-state index contributed by atoms with van der Waals surface area (Å²) in [6.07, 6.45) is 3.46. The summed E-state index contributed by atoms with van der Waals surface area (Å²) >= 11 is 0. The minimum absolute atomic E-state index is 0.126. The lowest BCUT2D eigenvalue weighted by molar-refractivity contribution is 0.0742. The van der Waals surface area contributed by atoms with E-state index in [9.17, 15) is 9.59 Å². The summed E-state index contributed by atoms with van der Waals surface area (Å²) in [6, 6.07) is 23.8. The normalized spacial score (nSPS) is 13.5. The zero-order valence-corrected chi connectivity index (χ0v) is 18.5. The smallest absolute Gasteiger partial charge is 0.254 e. The van der Waals surface area contributed by atoms with Crippen molar-refractivity contribution in [2.24, 2.45) is 0 Å². The van der Waals surface area contributed by atoms with Crippen molar-refractivity contribution in [3.8, 4) is 11.3 Å². The number of rotatable bonds is 5. The molecule has 7 nitrogen and oxygen atoms in total. The maximum atomic E-state index is 13.3. The monoisotopic (exact) mass is 449 g/mol. The molecule has 2 aromatic heterocycles. The van der Waals surface area contributed by atoms with Gasteiger partial charge < -0.3 is 9.80 Å². The number of amides is 1. The third-order valence-electron chi connectivity index (χ3n) is 5.96. The van der Waals surface area contributed by atoms with Crippen molar-refractivity contribution in [2.75, 3.05) is 31.1 Å². The SMILES string of the molecule is O=C(c1ccccc1)c1ccccc1C(=O)N1CCN(c2ccc(-c3ccncc3)nn2)CC1. The van der Waals surface area contributed by atoms with E-state index < -0.39 is 0 Å². The first kappa shape index (κ1) is 21.5. The third-order valence-corrected chi connectivity index (χ3v) is 5.96. The molecule has 5 rings (SSSR count). The number of carbonyl (C=O) groups is 2. The second-order valence-electron chi connectivity index (χ2n) is 8.03. The molecule has 168 valence electrons. The van der Waals surface area contributed by atoms with Crippen molar-refractivity contribution in [3.05, 3.63) is 108 Å². The fourth-order valence-corrected chi connectivity index (χ4v) is 4.09. The number of hydrogen-bond donors (Lipinski definition) is 0.